The van der Waals surface area contributed by atoms with Crippen LogP contribution in [0.5, 0.6) is 0 Å². The molecule has 0 aliphatic heterocycles. The number of carboxylic acids is 1. The summed E-state index contributed by atoms with van der Waals surface area (Å²) in [5, 5.41) is 14.4. The molecule has 0 aliphatic rings. The van der Waals surface area contributed by atoms with Gasteiger partial charge in [-0.2, -0.15) is 11.8 Å². The van der Waals surface area contributed by atoms with Crippen molar-refractivity contribution in [1.82, 2.24) is 20.6 Å². The van der Waals surface area contributed by atoms with Gasteiger partial charge in [0.1, 0.15) is 6.04 Å². The minimum atomic E-state index is -1.08. The van der Waals surface area contributed by atoms with Crippen LogP contribution in [0.1, 0.15) is 26.0 Å². The van der Waals surface area contributed by atoms with Crippen LogP contribution in [0.2, 0.25) is 0 Å². The highest BCUT2D eigenvalue weighted by molar-refractivity contribution is 7.99. The molecule has 0 fully saturated rings. The molecule has 4 N–H and O–H groups in total. The molecular formula is C13H22N4O3S. The Hall–Kier alpha value is -1.70. The van der Waals surface area contributed by atoms with Crippen LogP contribution in [-0.4, -0.2) is 50.7 Å². The van der Waals surface area contributed by atoms with Gasteiger partial charge in [0.25, 0.3) is 0 Å². The number of nitrogens with zero attached hydrogens (tertiary/aromatic N) is 1. The van der Waals surface area contributed by atoms with Crippen molar-refractivity contribution in [3.8, 4) is 0 Å². The minimum absolute atomic E-state index is 0.00523. The fraction of sp³-hybridized carbons (Fsp3) is 0.615. The third kappa shape index (κ3) is 7.03. The van der Waals surface area contributed by atoms with Gasteiger partial charge in [-0.05, 0) is 24.9 Å². The van der Waals surface area contributed by atoms with E-state index in [1.54, 1.807) is 6.20 Å². The van der Waals surface area contributed by atoms with Gasteiger partial charge in [-0.1, -0.05) is 6.92 Å². The van der Waals surface area contributed by atoms with E-state index in [9.17, 15) is 9.59 Å². The molecule has 1 rings (SSSR count). The number of thioether (sulfide) groups is 1. The highest BCUT2D eigenvalue weighted by Crippen LogP contribution is 2.04. The van der Waals surface area contributed by atoms with Crippen molar-refractivity contribution in [2.45, 2.75) is 38.8 Å². The average Bonchev–Trinajstić information content (AvgIpc) is 2.91. The van der Waals surface area contributed by atoms with Crippen molar-refractivity contribution in [3.05, 3.63) is 18.2 Å². The highest BCUT2D eigenvalue weighted by Gasteiger charge is 2.21. The maximum Gasteiger partial charge on any atom is 0.326 e. The fourth-order valence-electron chi connectivity index (χ4n) is 1.72. The van der Waals surface area contributed by atoms with Crippen molar-refractivity contribution in [2.75, 3.05) is 11.5 Å². The normalized spacial score (nSPS) is 13.4. The monoisotopic (exact) mass is 314 g/mol. The van der Waals surface area contributed by atoms with Crippen LogP contribution in [-0.2, 0) is 11.2 Å². The van der Waals surface area contributed by atoms with E-state index in [2.05, 4.69) is 27.5 Å². The van der Waals surface area contributed by atoms with Crippen LogP contribution in [0, 0.1) is 0 Å². The second-order valence-electron chi connectivity index (χ2n) is 4.68. The summed E-state index contributed by atoms with van der Waals surface area (Å²) < 4.78 is 0. The number of aromatic nitrogens is 2. The highest BCUT2D eigenvalue weighted by atomic mass is 32.2. The molecule has 1 aromatic rings. The second kappa shape index (κ2) is 9.28. The van der Waals surface area contributed by atoms with Gasteiger partial charge in [-0.25, -0.2) is 14.6 Å². The maximum atomic E-state index is 11.8. The average molecular weight is 314 g/mol. The van der Waals surface area contributed by atoms with Gasteiger partial charge >= 0.3 is 12.0 Å². The quantitative estimate of drug-likeness (QED) is 0.513. The SMILES string of the molecule is CCSCCC(C)NC(=O)NC(Cc1cnc[nH]1)C(=O)O. The van der Waals surface area contributed by atoms with E-state index < -0.39 is 18.0 Å². The molecule has 8 heteroatoms. The lowest BCUT2D eigenvalue weighted by Gasteiger charge is -2.18. The number of hydrogen-bond acceptors (Lipinski definition) is 4. The zero-order valence-electron chi connectivity index (χ0n) is 12.3. The summed E-state index contributed by atoms with van der Waals surface area (Å²) >= 11 is 1.81. The van der Waals surface area contributed by atoms with Crippen molar-refractivity contribution in [3.63, 3.8) is 0 Å². The van der Waals surface area contributed by atoms with E-state index >= 15 is 0 Å². The van der Waals surface area contributed by atoms with E-state index in [1.165, 1.54) is 6.33 Å². The first-order chi connectivity index (χ1) is 10.0. The Morgan fingerprint density at radius 1 is 1.48 bits per heavy atom. The van der Waals surface area contributed by atoms with Crippen LogP contribution in [0.4, 0.5) is 4.79 Å². The number of amides is 2. The van der Waals surface area contributed by atoms with Gasteiger partial charge in [-0.15, -0.1) is 0 Å². The Balaban J connectivity index is 2.40. The maximum absolute atomic E-state index is 11.8. The number of hydrogen-bond donors (Lipinski definition) is 4. The van der Waals surface area contributed by atoms with Gasteiger partial charge in [-0.3, -0.25) is 0 Å². The number of aliphatic carboxylic acids is 1. The van der Waals surface area contributed by atoms with E-state index in [0.717, 1.165) is 17.9 Å². The van der Waals surface area contributed by atoms with Crippen LogP contribution in [0.25, 0.3) is 0 Å². The van der Waals surface area contributed by atoms with Gasteiger partial charge < -0.3 is 20.7 Å². The molecule has 21 heavy (non-hydrogen) atoms. The zero-order valence-corrected chi connectivity index (χ0v) is 13.1. The number of urea groups is 1. The predicted octanol–water partition coefficient (Wildman–Crippen LogP) is 1.24. The molecule has 0 radical (unpaired) electrons. The third-order valence-electron chi connectivity index (χ3n) is 2.86. The topological polar surface area (TPSA) is 107 Å². The standard InChI is InChI=1S/C13H22N4O3S/c1-3-21-5-4-9(2)16-13(20)17-11(12(18)19)6-10-7-14-8-15-10/h7-9,11H,3-6H2,1-2H3,(H,14,15)(H,18,19)(H2,16,17,20). The number of aromatic amines is 1. The summed E-state index contributed by atoms with van der Waals surface area (Å²) in [5.74, 6) is 0.937. The Morgan fingerprint density at radius 3 is 2.81 bits per heavy atom. The molecule has 2 atom stereocenters. The number of rotatable bonds is 9. The van der Waals surface area contributed by atoms with E-state index in [1.807, 2.05) is 18.7 Å². The summed E-state index contributed by atoms with van der Waals surface area (Å²) in [5.41, 5.74) is 0.662. The van der Waals surface area contributed by atoms with Crippen LogP contribution in [0.15, 0.2) is 12.5 Å². The van der Waals surface area contributed by atoms with Gasteiger partial charge in [0.2, 0.25) is 0 Å². The van der Waals surface area contributed by atoms with Gasteiger partial charge in [0.15, 0.2) is 0 Å². The number of imidazole rings is 1. The summed E-state index contributed by atoms with van der Waals surface area (Å²) in [6.45, 7) is 3.99. The van der Waals surface area contributed by atoms with Crippen LogP contribution >= 0.6 is 11.8 Å². The smallest absolute Gasteiger partial charge is 0.326 e. The molecule has 2 unspecified atom stereocenters. The summed E-state index contributed by atoms with van der Waals surface area (Å²) in [4.78, 5) is 29.6. The molecule has 1 heterocycles. The van der Waals surface area contributed by atoms with Crippen LogP contribution < -0.4 is 10.6 Å². The van der Waals surface area contributed by atoms with E-state index in [4.69, 9.17) is 5.11 Å². The minimum Gasteiger partial charge on any atom is -0.480 e. The lowest BCUT2D eigenvalue weighted by molar-refractivity contribution is -0.139. The Kier molecular flexibility index (Phi) is 7.66. The lowest BCUT2D eigenvalue weighted by Crippen LogP contribution is -2.49. The Morgan fingerprint density at radius 2 is 2.24 bits per heavy atom. The third-order valence-corrected chi connectivity index (χ3v) is 3.79. The molecule has 0 aliphatic carbocycles. The fourth-order valence-corrected chi connectivity index (χ4v) is 2.53. The molecule has 0 bridgehead atoms. The molecule has 7 nitrogen and oxygen atoms in total. The summed E-state index contributed by atoms with van der Waals surface area (Å²) in [6.07, 6.45) is 4.04. The van der Waals surface area contributed by atoms with Crippen molar-refractivity contribution in [2.24, 2.45) is 0 Å². The Labute approximate surface area is 128 Å². The summed E-state index contributed by atoms with van der Waals surface area (Å²) in [6, 6.07) is -1.44. The predicted molar refractivity (Wildman–Crippen MR) is 82.5 cm³/mol. The first kappa shape index (κ1) is 17.4. The van der Waals surface area contributed by atoms with Crippen molar-refractivity contribution >= 4 is 23.8 Å². The largest absolute Gasteiger partial charge is 0.480 e. The molecule has 0 saturated heterocycles. The van der Waals surface area contributed by atoms with Gasteiger partial charge in [0, 0.05) is 24.4 Å². The molecule has 1 aromatic heterocycles. The molecule has 0 aromatic carbocycles. The molecule has 118 valence electrons. The molecule has 2 amide bonds. The van der Waals surface area contributed by atoms with Crippen molar-refractivity contribution in [1.29, 1.82) is 0 Å². The second-order valence-corrected chi connectivity index (χ2v) is 6.07. The molecule has 0 saturated carbocycles. The lowest BCUT2D eigenvalue weighted by atomic mass is 10.1. The first-order valence-electron chi connectivity index (χ1n) is 6.87. The molecular weight excluding hydrogens is 292 g/mol. The van der Waals surface area contributed by atoms with Crippen molar-refractivity contribution < 1.29 is 14.7 Å². The number of carbonyl (C=O) groups is 2. The molecule has 0 spiro atoms. The number of carbonyl (C=O) groups excluding carboxylic acids is 1. The Bertz CT molecular complexity index is 439. The number of nitrogens with one attached hydrogen (secondary N) is 3. The van der Waals surface area contributed by atoms with E-state index in [0.29, 0.717) is 5.69 Å². The van der Waals surface area contributed by atoms with E-state index in [-0.39, 0.29) is 12.5 Å². The first-order valence-corrected chi connectivity index (χ1v) is 8.03. The summed E-state index contributed by atoms with van der Waals surface area (Å²) in [7, 11) is 0. The zero-order chi connectivity index (χ0) is 15.7. The van der Waals surface area contributed by atoms with Gasteiger partial charge in [0.05, 0.1) is 6.33 Å². The van der Waals surface area contributed by atoms with Crippen LogP contribution in [0.3, 0.4) is 0 Å². The number of H-pyrrole nitrogens is 1. The number of carboxylic acid groups (broad SMARTS) is 1.